The van der Waals surface area contributed by atoms with Crippen molar-refractivity contribution in [3.8, 4) is 0 Å². The van der Waals surface area contributed by atoms with Crippen molar-refractivity contribution in [1.82, 2.24) is 20.2 Å². The van der Waals surface area contributed by atoms with Crippen LogP contribution in [0.2, 0.25) is 0 Å². The number of aryl methyl sites for hydroxylation is 1. The maximum atomic E-state index is 13.0. The van der Waals surface area contributed by atoms with Crippen LogP contribution in [0.15, 0.2) is 36.5 Å². The summed E-state index contributed by atoms with van der Waals surface area (Å²) in [5.41, 5.74) is 1.74. The number of amides is 4. The first-order valence-corrected chi connectivity index (χ1v) is 10.9. The lowest BCUT2D eigenvalue weighted by Crippen LogP contribution is -2.42. The number of carbonyl (C=O) groups is 3. The van der Waals surface area contributed by atoms with E-state index in [0.29, 0.717) is 11.5 Å². The van der Waals surface area contributed by atoms with Crippen molar-refractivity contribution in [2.45, 2.75) is 52.5 Å². The molecule has 2 heterocycles. The number of aromatic nitrogens is 2. The average Bonchev–Trinajstić information content (AvgIpc) is 2.97. The predicted molar refractivity (Wildman–Crippen MR) is 120 cm³/mol. The maximum Gasteiger partial charge on any atom is 0.325 e. The fraction of sp³-hybridized carbons (Fsp3) is 0.458. The third-order valence-corrected chi connectivity index (χ3v) is 6.55. The Morgan fingerprint density at radius 1 is 1.25 bits per heavy atom. The second kappa shape index (κ2) is 8.00. The molecule has 2 atom stereocenters. The zero-order chi connectivity index (χ0) is 23.1. The summed E-state index contributed by atoms with van der Waals surface area (Å²) in [4.78, 5) is 47.7. The highest BCUT2D eigenvalue weighted by Crippen LogP contribution is 2.36. The van der Waals surface area contributed by atoms with Gasteiger partial charge >= 0.3 is 6.03 Å². The molecular formula is C24H29N5O3. The van der Waals surface area contributed by atoms with Crippen molar-refractivity contribution in [2.24, 2.45) is 11.3 Å². The van der Waals surface area contributed by atoms with Gasteiger partial charge in [-0.05, 0) is 48.6 Å². The predicted octanol–water partition coefficient (Wildman–Crippen LogP) is 3.03. The van der Waals surface area contributed by atoms with E-state index in [1.807, 2.05) is 6.07 Å². The quantitative estimate of drug-likeness (QED) is 0.719. The van der Waals surface area contributed by atoms with Gasteiger partial charge in [0, 0.05) is 11.9 Å². The number of carbonyl (C=O) groups excluding carboxylic acids is 3. The Labute approximate surface area is 187 Å². The number of urea groups is 1. The molecule has 32 heavy (non-hydrogen) atoms. The van der Waals surface area contributed by atoms with Gasteiger partial charge in [-0.25, -0.2) is 14.8 Å². The molecule has 2 aromatic rings. The number of benzene rings is 1. The lowest BCUT2D eigenvalue weighted by atomic mass is 9.72. The van der Waals surface area contributed by atoms with Crippen molar-refractivity contribution in [1.29, 1.82) is 0 Å². The second-order valence-corrected chi connectivity index (χ2v) is 9.83. The van der Waals surface area contributed by atoms with E-state index in [1.54, 1.807) is 37.4 Å². The van der Waals surface area contributed by atoms with Crippen LogP contribution in [0.25, 0.3) is 0 Å². The molecule has 1 aromatic heterocycles. The van der Waals surface area contributed by atoms with Crippen LogP contribution in [0.3, 0.4) is 0 Å². The van der Waals surface area contributed by atoms with Gasteiger partial charge in [0.1, 0.15) is 12.1 Å². The molecule has 0 unspecified atom stereocenters. The zero-order valence-corrected chi connectivity index (χ0v) is 18.9. The molecule has 0 bridgehead atoms. The largest absolute Gasteiger partial charge is 0.325 e. The van der Waals surface area contributed by atoms with Gasteiger partial charge < -0.3 is 5.32 Å². The van der Waals surface area contributed by atoms with Crippen LogP contribution in [-0.4, -0.2) is 39.3 Å². The van der Waals surface area contributed by atoms with Gasteiger partial charge in [-0.3, -0.25) is 19.8 Å². The summed E-state index contributed by atoms with van der Waals surface area (Å²) in [6, 6.07) is 8.37. The van der Waals surface area contributed by atoms with Crippen molar-refractivity contribution < 1.29 is 14.4 Å². The van der Waals surface area contributed by atoms with Crippen LogP contribution in [0.1, 0.15) is 50.9 Å². The van der Waals surface area contributed by atoms with E-state index in [4.69, 9.17) is 0 Å². The molecule has 8 heteroatoms. The Morgan fingerprint density at radius 2 is 1.97 bits per heavy atom. The molecule has 8 nitrogen and oxygen atoms in total. The summed E-state index contributed by atoms with van der Waals surface area (Å²) in [6.45, 7) is 7.97. The third kappa shape index (κ3) is 4.09. The highest BCUT2D eigenvalue weighted by molar-refractivity contribution is 6.10. The van der Waals surface area contributed by atoms with Gasteiger partial charge in [-0.2, -0.15) is 0 Å². The minimum atomic E-state index is -1.20. The van der Waals surface area contributed by atoms with E-state index in [-0.39, 0.29) is 11.4 Å². The molecule has 1 fully saturated rings. The van der Waals surface area contributed by atoms with E-state index < -0.39 is 29.9 Å². The first-order valence-electron chi connectivity index (χ1n) is 10.9. The topological polar surface area (TPSA) is 104 Å². The molecule has 168 valence electrons. The van der Waals surface area contributed by atoms with Crippen LogP contribution in [0, 0.1) is 11.3 Å². The number of nitrogens with one attached hydrogen (secondary N) is 2. The Balaban J connectivity index is 1.42. The fourth-order valence-electron chi connectivity index (χ4n) is 4.42. The van der Waals surface area contributed by atoms with Crippen LogP contribution < -0.4 is 10.6 Å². The van der Waals surface area contributed by atoms with E-state index in [9.17, 15) is 14.4 Å². The molecule has 2 aliphatic rings. The maximum absolute atomic E-state index is 13.0. The molecule has 4 amide bonds. The summed E-state index contributed by atoms with van der Waals surface area (Å²) in [7, 11) is 0. The summed E-state index contributed by atoms with van der Waals surface area (Å²) in [5, 5.41) is 5.33. The van der Waals surface area contributed by atoms with Crippen molar-refractivity contribution in [3.05, 3.63) is 53.3 Å². The van der Waals surface area contributed by atoms with E-state index in [2.05, 4.69) is 41.4 Å². The van der Waals surface area contributed by atoms with Crippen molar-refractivity contribution in [2.75, 3.05) is 11.9 Å². The summed E-state index contributed by atoms with van der Waals surface area (Å²) >= 11 is 0. The van der Waals surface area contributed by atoms with Crippen LogP contribution in [0.4, 0.5) is 10.7 Å². The van der Waals surface area contributed by atoms with E-state index in [0.717, 1.165) is 35.4 Å². The van der Waals surface area contributed by atoms with Crippen LogP contribution in [-0.2, 0) is 28.0 Å². The number of rotatable bonds is 4. The SMILES string of the molecule is CC(C)(C)[C@@H]1CCc2nc(NC(=O)CN3C(=O)N[C@](C)(c4ccccc4)C3=O)ncc2C1. The molecule has 2 N–H and O–H groups in total. The van der Waals surface area contributed by atoms with Crippen LogP contribution >= 0.6 is 0 Å². The van der Waals surface area contributed by atoms with Gasteiger partial charge in [-0.1, -0.05) is 51.1 Å². The highest BCUT2D eigenvalue weighted by atomic mass is 16.2. The highest BCUT2D eigenvalue weighted by Gasteiger charge is 2.49. The first kappa shape index (κ1) is 21.9. The van der Waals surface area contributed by atoms with Gasteiger partial charge in [0.25, 0.3) is 5.91 Å². The van der Waals surface area contributed by atoms with Gasteiger partial charge in [0.05, 0.1) is 0 Å². The number of nitrogens with zero attached hydrogens (tertiary/aromatic N) is 3. The van der Waals surface area contributed by atoms with E-state index >= 15 is 0 Å². The third-order valence-electron chi connectivity index (χ3n) is 6.55. The van der Waals surface area contributed by atoms with Crippen molar-refractivity contribution >= 4 is 23.8 Å². The second-order valence-electron chi connectivity index (χ2n) is 9.83. The lowest BCUT2D eigenvalue weighted by molar-refractivity contribution is -0.133. The molecule has 0 spiro atoms. The minimum Gasteiger partial charge on any atom is -0.319 e. The Kier molecular flexibility index (Phi) is 5.48. The molecule has 1 saturated heterocycles. The number of hydrogen-bond donors (Lipinski definition) is 2. The zero-order valence-electron chi connectivity index (χ0n) is 18.9. The molecule has 0 radical (unpaired) electrons. The fourth-order valence-corrected chi connectivity index (χ4v) is 4.42. The number of imide groups is 1. The number of fused-ring (bicyclic) bond motifs is 1. The Morgan fingerprint density at radius 3 is 2.66 bits per heavy atom. The smallest absolute Gasteiger partial charge is 0.319 e. The summed E-state index contributed by atoms with van der Waals surface area (Å²) in [5.74, 6) is -0.226. The average molecular weight is 436 g/mol. The Hall–Kier alpha value is -3.29. The van der Waals surface area contributed by atoms with Crippen LogP contribution in [0.5, 0.6) is 0 Å². The lowest BCUT2D eigenvalue weighted by Gasteiger charge is -2.34. The van der Waals surface area contributed by atoms with Gasteiger partial charge in [0.15, 0.2) is 0 Å². The minimum absolute atomic E-state index is 0.195. The molecule has 4 rings (SSSR count). The van der Waals surface area contributed by atoms with Gasteiger partial charge in [0.2, 0.25) is 11.9 Å². The molecule has 1 aliphatic carbocycles. The van der Waals surface area contributed by atoms with Gasteiger partial charge in [-0.15, -0.1) is 0 Å². The Bertz CT molecular complexity index is 1060. The molecule has 1 aromatic carbocycles. The molecule has 1 aliphatic heterocycles. The first-order chi connectivity index (χ1) is 15.1. The number of anilines is 1. The van der Waals surface area contributed by atoms with Crippen molar-refractivity contribution in [3.63, 3.8) is 0 Å². The monoisotopic (exact) mass is 435 g/mol. The summed E-state index contributed by atoms with van der Waals surface area (Å²) < 4.78 is 0. The number of hydrogen-bond acceptors (Lipinski definition) is 5. The summed E-state index contributed by atoms with van der Waals surface area (Å²) in [6.07, 6.45) is 4.58. The molecule has 0 saturated carbocycles. The van der Waals surface area contributed by atoms with E-state index in [1.165, 1.54) is 0 Å². The normalized spacial score (nSPS) is 23.0. The molecular weight excluding hydrogens is 406 g/mol. The standard InChI is InChI=1S/C24H29N5O3/c1-23(2,3)17-10-11-18-15(12-17)13-25-21(26-18)27-19(30)14-29-20(31)24(4,28-22(29)32)16-8-6-5-7-9-16/h5-9,13,17H,10-12,14H2,1-4H3,(H,28,32)(H,25,26,27,30)/t17-,24-/m1/s1.